The zero-order valence-corrected chi connectivity index (χ0v) is 9.32. The summed E-state index contributed by atoms with van der Waals surface area (Å²) in [6.45, 7) is 7.71. The van der Waals surface area contributed by atoms with Crippen LogP contribution in [0.15, 0.2) is 6.20 Å². The van der Waals surface area contributed by atoms with Gasteiger partial charge in [0.1, 0.15) is 0 Å². The smallest absolute Gasteiger partial charge is 0.0832 e. The first-order valence-electron chi connectivity index (χ1n) is 5.42. The minimum atomic E-state index is 0.306. The molecule has 14 heavy (non-hydrogen) atoms. The second kappa shape index (κ2) is 3.37. The average Bonchev–Trinajstić information content (AvgIpc) is 2.71. The van der Waals surface area contributed by atoms with Crippen molar-refractivity contribution in [1.29, 1.82) is 0 Å². The van der Waals surface area contributed by atoms with E-state index >= 15 is 0 Å². The van der Waals surface area contributed by atoms with Crippen LogP contribution in [0.2, 0.25) is 0 Å². The third-order valence-corrected chi connectivity index (χ3v) is 2.41. The number of hydrogen-bond acceptors (Lipinski definition) is 2. The number of rotatable bonds is 3. The Morgan fingerprint density at radius 1 is 1.43 bits per heavy atom. The highest BCUT2D eigenvalue weighted by atomic mass is 15.5. The van der Waals surface area contributed by atoms with Gasteiger partial charge >= 0.3 is 0 Å². The lowest BCUT2D eigenvalue weighted by molar-refractivity contribution is 0.401. The minimum Gasteiger partial charge on any atom is -0.184 e. The lowest BCUT2D eigenvalue weighted by Gasteiger charge is -2.15. The second-order valence-corrected chi connectivity index (χ2v) is 5.57. The molecule has 1 aliphatic carbocycles. The molecule has 78 valence electrons. The quantitative estimate of drug-likeness (QED) is 0.737. The Bertz CT molecular complexity index is 305. The average molecular weight is 193 g/mol. The van der Waals surface area contributed by atoms with Gasteiger partial charge in [0.05, 0.1) is 18.4 Å². The van der Waals surface area contributed by atoms with E-state index in [0.717, 1.165) is 24.6 Å². The lowest BCUT2D eigenvalue weighted by atomic mass is 9.91. The van der Waals surface area contributed by atoms with Gasteiger partial charge in [-0.05, 0) is 30.6 Å². The third-order valence-electron chi connectivity index (χ3n) is 2.41. The Kier molecular flexibility index (Phi) is 2.33. The Morgan fingerprint density at radius 3 is 2.71 bits per heavy atom. The molecule has 0 spiro atoms. The van der Waals surface area contributed by atoms with Crippen LogP contribution in [0.3, 0.4) is 0 Å². The molecule has 0 N–H and O–H groups in total. The predicted octanol–water partition coefficient (Wildman–Crippen LogP) is 2.28. The number of hydrogen-bond donors (Lipinski definition) is 0. The Morgan fingerprint density at radius 2 is 2.14 bits per heavy atom. The van der Waals surface area contributed by atoms with Crippen molar-refractivity contribution in [3.8, 4) is 0 Å². The zero-order chi connectivity index (χ0) is 10.2. The van der Waals surface area contributed by atoms with Crippen molar-refractivity contribution in [2.75, 3.05) is 0 Å². The van der Waals surface area contributed by atoms with Crippen molar-refractivity contribution in [2.24, 2.45) is 11.3 Å². The van der Waals surface area contributed by atoms with Gasteiger partial charge in [-0.15, -0.1) is 0 Å². The van der Waals surface area contributed by atoms with Gasteiger partial charge in [0.25, 0.3) is 0 Å². The lowest BCUT2D eigenvalue weighted by Crippen LogP contribution is -2.10. The standard InChI is InChI=1S/C11H19N3/c1-11(2,3)6-10-7-12-14(13-10)8-9-4-5-9/h7,9H,4-6,8H2,1-3H3. The molecule has 0 unspecified atom stereocenters. The molecule has 0 aromatic carbocycles. The first kappa shape index (κ1) is 9.69. The summed E-state index contributed by atoms with van der Waals surface area (Å²) < 4.78 is 0. The van der Waals surface area contributed by atoms with Crippen LogP contribution in [-0.2, 0) is 13.0 Å². The molecule has 3 heteroatoms. The summed E-state index contributed by atoms with van der Waals surface area (Å²) in [6.07, 6.45) is 5.64. The molecule has 1 aromatic heterocycles. The molecule has 1 heterocycles. The van der Waals surface area contributed by atoms with Crippen LogP contribution < -0.4 is 0 Å². The highest BCUT2D eigenvalue weighted by Crippen LogP contribution is 2.30. The van der Waals surface area contributed by atoms with Crippen molar-refractivity contribution in [3.05, 3.63) is 11.9 Å². The first-order valence-corrected chi connectivity index (χ1v) is 5.42. The number of aromatic nitrogens is 3. The molecule has 1 aliphatic rings. The van der Waals surface area contributed by atoms with E-state index in [4.69, 9.17) is 0 Å². The molecule has 0 aliphatic heterocycles. The van der Waals surface area contributed by atoms with Crippen LogP contribution in [0.25, 0.3) is 0 Å². The van der Waals surface area contributed by atoms with Crippen molar-refractivity contribution >= 4 is 0 Å². The summed E-state index contributed by atoms with van der Waals surface area (Å²) in [4.78, 5) is 1.86. The van der Waals surface area contributed by atoms with E-state index in [0.29, 0.717) is 5.41 Å². The van der Waals surface area contributed by atoms with Crippen molar-refractivity contribution in [2.45, 2.75) is 46.6 Å². The van der Waals surface area contributed by atoms with Gasteiger partial charge in [-0.25, -0.2) is 0 Å². The molecular formula is C11H19N3. The van der Waals surface area contributed by atoms with Gasteiger partial charge in [-0.1, -0.05) is 20.8 Å². The highest BCUT2D eigenvalue weighted by Gasteiger charge is 2.23. The second-order valence-electron chi connectivity index (χ2n) is 5.57. The van der Waals surface area contributed by atoms with Crippen LogP contribution >= 0.6 is 0 Å². The first-order chi connectivity index (χ1) is 6.53. The summed E-state index contributed by atoms with van der Waals surface area (Å²) in [7, 11) is 0. The number of nitrogens with zero attached hydrogens (tertiary/aromatic N) is 3. The van der Waals surface area contributed by atoms with Gasteiger partial charge in [0.2, 0.25) is 0 Å². The van der Waals surface area contributed by atoms with Crippen LogP contribution in [-0.4, -0.2) is 15.0 Å². The van der Waals surface area contributed by atoms with E-state index in [1.54, 1.807) is 0 Å². The zero-order valence-electron chi connectivity index (χ0n) is 9.32. The van der Waals surface area contributed by atoms with Gasteiger partial charge in [-0.3, -0.25) is 0 Å². The summed E-state index contributed by atoms with van der Waals surface area (Å²) in [6, 6.07) is 0. The summed E-state index contributed by atoms with van der Waals surface area (Å²) in [5.74, 6) is 0.852. The fraction of sp³-hybridized carbons (Fsp3) is 0.818. The van der Waals surface area contributed by atoms with Crippen molar-refractivity contribution in [1.82, 2.24) is 15.0 Å². The molecule has 1 aromatic rings. The maximum absolute atomic E-state index is 4.48. The molecule has 0 amide bonds. The maximum atomic E-state index is 4.48. The topological polar surface area (TPSA) is 30.7 Å². The van der Waals surface area contributed by atoms with E-state index in [-0.39, 0.29) is 0 Å². The van der Waals surface area contributed by atoms with Gasteiger partial charge < -0.3 is 0 Å². The van der Waals surface area contributed by atoms with Crippen molar-refractivity contribution < 1.29 is 0 Å². The Hall–Kier alpha value is -0.860. The third kappa shape index (κ3) is 2.82. The molecule has 2 rings (SSSR count). The molecular weight excluding hydrogens is 174 g/mol. The van der Waals surface area contributed by atoms with Crippen LogP contribution in [0.4, 0.5) is 0 Å². The SMILES string of the molecule is CC(C)(C)Cc1cnn(CC2CC2)n1. The van der Waals surface area contributed by atoms with Crippen LogP contribution in [0.5, 0.6) is 0 Å². The van der Waals surface area contributed by atoms with Gasteiger partial charge in [0, 0.05) is 0 Å². The summed E-state index contributed by atoms with van der Waals surface area (Å²) >= 11 is 0. The van der Waals surface area contributed by atoms with E-state index in [1.807, 2.05) is 11.0 Å². The summed E-state index contributed by atoms with van der Waals surface area (Å²) in [5.41, 5.74) is 1.43. The van der Waals surface area contributed by atoms with Crippen molar-refractivity contribution in [3.63, 3.8) is 0 Å². The fourth-order valence-electron chi connectivity index (χ4n) is 1.58. The maximum Gasteiger partial charge on any atom is 0.0832 e. The molecule has 1 saturated carbocycles. The van der Waals surface area contributed by atoms with E-state index < -0.39 is 0 Å². The molecule has 1 fully saturated rings. The molecule has 0 atom stereocenters. The minimum absolute atomic E-state index is 0.306. The molecule has 3 nitrogen and oxygen atoms in total. The highest BCUT2D eigenvalue weighted by molar-refractivity contribution is 4.95. The Labute approximate surface area is 85.5 Å². The fourth-order valence-corrected chi connectivity index (χ4v) is 1.58. The van der Waals surface area contributed by atoms with Crippen LogP contribution in [0, 0.1) is 11.3 Å². The van der Waals surface area contributed by atoms with E-state index in [9.17, 15) is 0 Å². The van der Waals surface area contributed by atoms with Crippen LogP contribution in [0.1, 0.15) is 39.3 Å². The van der Waals surface area contributed by atoms with Gasteiger partial charge in [-0.2, -0.15) is 15.0 Å². The normalized spacial score (nSPS) is 17.4. The van der Waals surface area contributed by atoms with Gasteiger partial charge in [0.15, 0.2) is 0 Å². The largest absolute Gasteiger partial charge is 0.184 e. The van der Waals surface area contributed by atoms with E-state index in [2.05, 4.69) is 31.0 Å². The monoisotopic (exact) mass is 193 g/mol. The Balaban J connectivity index is 1.94. The summed E-state index contributed by atoms with van der Waals surface area (Å²) in [5, 5.41) is 8.77. The molecule has 0 bridgehead atoms. The molecule has 0 saturated heterocycles. The molecule has 0 radical (unpaired) electrons. The predicted molar refractivity (Wildman–Crippen MR) is 55.9 cm³/mol. The van der Waals surface area contributed by atoms with E-state index in [1.165, 1.54) is 12.8 Å².